The smallest absolute Gasteiger partial charge is 0.306 e. The molecule has 3 aromatic rings. The van der Waals surface area contributed by atoms with Crippen molar-refractivity contribution in [3.05, 3.63) is 58.1 Å². The minimum absolute atomic E-state index is 0.0217. The molecule has 7 nitrogen and oxygen atoms in total. The predicted octanol–water partition coefficient (Wildman–Crippen LogP) is 6.16. The van der Waals surface area contributed by atoms with Gasteiger partial charge in [0.25, 0.3) is 0 Å². The second-order valence-electron chi connectivity index (χ2n) is 9.01. The number of hydrogen-bond acceptors (Lipinski definition) is 8. The zero-order chi connectivity index (χ0) is 26.4. The van der Waals surface area contributed by atoms with Gasteiger partial charge in [-0.25, -0.2) is 4.98 Å². The van der Waals surface area contributed by atoms with Crippen LogP contribution in [0.2, 0.25) is 0 Å². The van der Waals surface area contributed by atoms with Crippen LogP contribution in [0.5, 0.6) is 17.2 Å². The molecule has 0 radical (unpaired) electrons. The maximum absolute atomic E-state index is 11.9. The highest BCUT2D eigenvalue weighted by Gasteiger charge is 2.25. The summed E-state index contributed by atoms with van der Waals surface area (Å²) < 4.78 is 22.5. The summed E-state index contributed by atoms with van der Waals surface area (Å²) >= 11 is 1.39. The molecule has 1 aliphatic rings. The number of esters is 1. The van der Waals surface area contributed by atoms with E-state index in [-0.39, 0.29) is 17.7 Å². The van der Waals surface area contributed by atoms with Crippen LogP contribution in [-0.2, 0) is 16.0 Å². The van der Waals surface area contributed by atoms with Crippen molar-refractivity contribution in [1.29, 1.82) is 0 Å². The van der Waals surface area contributed by atoms with Gasteiger partial charge in [-0.05, 0) is 74.1 Å². The summed E-state index contributed by atoms with van der Waals surface area (Å²) in [5, 5.41) is 0.780. The molecule has 37 heavy (non-hydrogen) atoms. The molecule has 1 aromatic heterocycles. The van der Waals surface area contributed by atoms with Crippen molar-refractivity contribution in [1.82, 2.24) is 4.98 Å². The van der Waals surface area contributed by atoms with E-state index in [1.165, 1.54) is 22.5 Å². The molecule has 4 rings (SSSR count). The summed E-state index contributed by atoms with van der Waals surface area (Å²) in [5.41, 5.74) is 4.10. The average molecular weight is 524 g/mol. The molecule has 0 saturated carbocycles. The standard InChI is InChI=1S/C29H33NO6S/c1-5-34-27(32)17-21-8-7-20-15-23(10-11-24(20)21)35-13-6-14-36-25-12-9-22(16-26(25)33-4)29-30-18(2)28(37-29)19(3)31/h9-12,15-16,21H,5-8,13-14,17H2,1-4H3/t21-/m0/s1. The maximum Gasteiger partial charge on any atom is 0.306 e. The molecule has 2 aromatic carbocycles. The largest absolute Gasteiger partial charge is 0.493 e. The third kappa shape index (κ3) is 6.49. The molecular weight excluding hydrogens is 490 g/mol. The second kappa shape index (κ2) is 12.2. The van der Waals surface area contributed by atoms with Crippen LogP contribution in [0.3, 0.4) is 0 Å². The SMILES string of the molecule is CCOC(=O)C[C@@H]1CCc2cc(OCCCOc3ccc(-c4nc(C)c(C(C)=O)s4)cc3OC)ccc21. The molecule has 0 N–H and O–H groups in total. The van der Waals surface area contributed by atoms with Crippen molar-refractivity contribution in [3.63, 3.8) is 0 Å². The molecule has 196 valence electrons. The number of fused-ring (bicyclic) bond motifs is 1. The quantitative estimate of drug-likeness (QED) is 0.160. The summed E-state index contributed by atoms with van der Waals surface area (Å²) in [6.07, 6.45) is 3.06. The lowest BCUT2D eigenvalue weighted by Crippen LogP contribution is -2.08. The monoisotopic (exact) mass is 523 g/mol. The molecule has 0 amide bonds. The van der Waals surface area contributed by atoms with Crippen LogP contribution in [0, 0.1) is 6.92 Å². The van der Waals surface area contributed by atoms with E-state index in [1.54, 1.807) is 14.0 Å². The Kier molecular flexibility index (Phi) is 8.82. The van der Waals surface area contributed by atoms with Gasteiger partial charge in [0.1, 0.15) is 10.8 Å². The fourth-order valence-corrected chi connectivity index (χ4v) is 5.56. The topological polar surface area (TPSA) is 84.0 Å². The lowest BCUT2D eigenvalue weighted by Gasteiger charge is -2.13. The molecule has 0 spiro atoms. The van der Waals surface area contributed by atoms with Crippen molar-refractivity contribution in [2.75, 3.05) is 26.9 Å². The fourth-order valence-electron chi connectivity index (χ4n) is 4.60. The number of carbonyl (C=O) groups is 2. The van der Waals surface area contributed by atoms with E-state index >= 15 is 0 Å². The normalized spacial score (nSPS) is 14.2. The van der Waals surface area contributed by atoms with Gasteiger partial charge in [-0.3, -0.25) is 9.59 Å². The van der Waals surface area contributed by atoms with Gasteiger partial charge < -0.3 is 18.9 Å². The van der Waals surface area contributed by atoms with Gasteiger partial charge in [0.05, 0.1) is 43.9 Å². The molecule has 1 atom stereocenters. The van der Waals surface area contributed by atoms with Crippen LogP contribution >= 0.6 is 11.3 Å². The van der Waals surface area contributed by atoms with E-state index in [9.17, 15) is 9.59 Å². The highest BCUT2D eigenvalue weighted by Crippen LogP contribution is 2.38. The van der Waals surface area contributed by atoms with Crippen molar-refractivity contribution >= 4 is 23.1 Å². The molecule has 0 unspecified atom stereocenters. The number of Topliss-reactive ketones (excluding diaryl/α,β-unsaturated/α-hetero) is 1. The number of ether oxygens (including phenoxy) is 4. The number of hydrogen-bond donors (Lipinski definition) is 0. The number of carbonyl (C=O) groups excluding carboxylic acids is 2. The number of methoxy groups -OCH3 is 1. The number of rotatable bonds is 12. The van der Waals surface area contributed by atoms with Gasteiger partial charge in [-0.15, -0.1) is 11.3 Å². The number of thiazole rings is 1. The van der Waals surface area contributed by atoms with Crippen LogP contribution < -0.4 is 14.2 Å². The maximum atomic E-state index is 11.9. The Morgan fingerprint density at radius 3 is 2.62 bits per heavy atom. The first-order valence-corrected chi connectivity index (χ1v) is 13.4. The Morgan fingerprint density at radius 1 is 1.08 bits per heavy atom. The van der Waals surface area contributed by atoms with E-state index in [2.05, 4.69) is 17.1 Å². The van der Waals surface area contributed by atoms with Crippen LogP contribution in [-0.4, -0.2) is 43.7 Å². The van der Waals surface area contributed by atoms with E-state index in [1.807, 2.05) is 38.1 Å². The van der Waals surface area contributed by atoms with Gasteiger partial charge in [0.2, 0.25) is 0 Å². The molecule has 1 aliphatic carbocycles. The van der Waals surface area contributed by atoms with E-state index in [0.717, 1.165) is 34.9 Å². The summed E-state index contributed by atoms with van der Waals surface area (Å²) in [5.74, 6) is 2.22. The predicted molar refractivity (Wildman–Crippen MR) is 143 cm³/mol. The Balaban J connectivity index is 1.27. The molecule has 8 heteroatoms. The minimum Gasteiger partial charge on any atom is -0.493 e. The first-order valence-electron chi connectivity index (χ1n) is 12.6. The number of nitrogens with zero attached hydrogens (tertiary/aromatic N) is 1. The number of aromatic nitrogens is 1. The third-order valence-corrected chi connectivity index (χ3v) is 7.68. The first kappa shape index (κ1) is 26.7. The first-order chi connectivity index (χ1) is 17.9. The van der Waals surface area contributed by atoms with E-state index < -0.39 is 0 Å². The zero-order valence-corrected chi connectivity index (χ0v) is 22.6. The Labute approximate surface area is 221 Å². The van der Waals surface area contributed by atoms with Crippen LogP contribution in [0.25, 0.3) is 10.6 Å². The van der Waals surface area contributed by atoms with Crippen LogP contribution in [0.15, 0.2) is 36.4 Å². The van der Waals surface area contributed by atoms with Gasteiger partial charge in [-0.2, -0.15) is 0 Å². The lowest BCUT2D eigenvalue weighted by molar-refractivity contribution is -0.143. The average Bonchev–Trinajstić information content (AvgIpc) is 3.47. The summed E-state index contributed by atoms with van der Waals surface area (Å²) in [6, 6.07) is 11.8. The third-order valence-electron chi connectivity index (χ3n) is 6.38. The number of benzene rings is 2. The van der Waals surface area contributed by atoms with Gasteiger partial charge in [0.15, 0.2) is 17.3 Å². The Bertz CT molecular complexity index is 1270. The summed E-state index contributed by atoms with van der Waals surface area (Å²) in [7, 11) is 1.61. The van der Waals surface area contributed by atoms with Gasteiger partial charge in [-0.1, -0.05) is 6.07 Å². The highest BCUT2D eigenvalue weighted by molar-refractivity contribution is 7.17. The molecule has 0 saturated heterocycles. The molecule has 0 fully saturated rings. The van der Waals surface area contributed by atoms with Crippen molar-refractivity contribution < 1.29 is 28.5 Å². The second-order valence-corrected chi connectivity index (χ2v) is 10.0. The van der Waals surface area contributed by atoms with Crippen LogP contribution in [0.1, 0.15) is 65.5 Å². The summed E-state index contributed by atoms with van der Waals surface area (Å²) in [4.78, 5) is 28.8. The minimum atomic E-state index is -0.132. The zero-order valence-electron chi connectivity index (χ0n) is 21.8. The Hall–Kier alpha value is -3.39. The number of ketones is 1. The van der Waals surface area contributed by atoms with E-state index in [4.69, 9.17) is 18.9 Å². The van der Waals surface area contributed by atoms with Crippen LogP contribution in [0.4, 0.5) is 0 Å². The van der Waals surface area contributed by atoms with Gasteiger partial charge >= 0.3 is 5.97 Å². The number of aryl methyl sites for hydroxylation is 2. The van der Waals surface area contributed by atoms with Gasteiger partial charge in [0, 0.05) is 18.9 Å². The Morgan fingerprint density at radius 2 is 1.89 bits per heavy atom. The summed E-state index contributed by atoms with van der Waals surface area (Å²) in [6.45, 7) is 6.66. The molecule has 0 aliphatic heterocycles. The van der Waals surface area contributed by atoms with Crippen molar-refractivity contribution in [2.45, 2.75) is 52.4 Å². The fraction of sp³-hybridized carbons (Fsp3) is 0.414. The molecular formula is C29H33NO6S. The lowest BCUT2D eigenvalue weighted by atomic mass is 9.98. The van der Waals surface area contributed by atoms with Crippen molar-refractivity contribution in [3.8, 4) is 27.8 Å². The molecule has 1 heterocycles. The molecule has 0 bridgehead atoms. The highest BCUT2D eigenvalue weighted by atomic mass is 32.1. The van der Waals surface area contributed by atoms with Crippen molar-refractivity contribution in [2.24, 2.45) is 0 Å². The van der Waals surface area contributed by atoms with E-state index in [0.29, 0.717) is 49.0 Å².